The van der Waals surface area contributed by atoms with Gasteiger partial charge in [-0.25, -0.2) is 8.42 Å². The average molecular weight is 339 g/mol. The van der Waals surface area contributed by atoms with Crippen molar-refractivity contribution in [1.29, 1.82) is 0 Å². The summed E-state index contributed by atoms with van der Waals surface area (Å²) in [6.07, 6.45) is 1.79. The lowest BCUT2D eigenvalue weighted by Crippen LogP contribution is -2.40. The van der Waals surface area contributed by atoms with Crippen LogP contribution in [0.25, 0.3) is 0 Å². The van der Waals surface area contributed by atoms with E-state index in [-0.39, 0.29) is 23.3 Å². The van der Waals surface area contributed by atoms with Crippen LogP contribution < -0.4 is 5.32 Å². The SMILES string of the molecule is CNCC1CCCN1S(=O)(=O)c1cc(C)ccc1Cl.Cl. The van der Waals surface area contributed by atoms with Crippen LogP contribution >= 0.6 is 24.0 Å². The van der Waals surface area contributed by atoms with Crippen molar-refractivity contribution in [1.82, 2.24) is 9.62 Å². The van der Waals surface area contributed by atoms with Crippen molar-refractivity contribution >= 4 is 34.0 Å². The highest BCUT2D eigenvalue weighted by Gasteiger charge is 2.35. The lowest BCUT2D eigenvalue weighted by atomic mass is 10.2. The van der Waals surface area contributed by atoms with E-state index in [0.717, 1.165) is 18.4 Å². The first-order valence-corrected chi connectivity index (χ1v) is 8.21. The van der Waals surface area contributed by atoms with Crippen LogP contribution in [0.4, 0.5) is 0 Å². The topological polar surface area (TPSA) is 49.4 Å². The maximum absolute atomic E-state index is 12.7. The number of likely N-dealkylation sites (N-methyl/N-ethyl adjacent to an activating group) is 1. The van der Waals surface area contributed by atoms with Gasteiger partial charge in [-0.15, -0.1) is 12.4 Å². The summed E-state index contributed by atoms with van der Waals surface area (Å²) in [5.41, 5.74) is 0.896. The van der Waals surface area contributed by atoms with Crippen LogP contribution in [0.3, 0.4) is 0 Å². The Labute approximate surface area is 132 Å². The fourth-order valence-corrected chi connectivity index (χ4v) is 4.75. The van der Waals surface area contributed by atoms with Crippen molar-refractivity contribution in [2.24, 2.45) is 0 Å². The molecule has 0 spiro atoms. The second-order valence-corrected chi connectivity index (χ2v) is 7.17. The Morgan fingerprint density at radius 2 is 2.15 bits per heavy atom. The number of aryl methyl sites for hydroxylation is 1. The van der Waals surface area contributed by atoms with Gasteiger partial charge in [-0.3, -0.25) is 0 Å². The molecule has 20 heavy (non-hydrogen) atoms. The van der Waals surface area contributed by atoms with Crippen LogP contribution in [-0.2, 0) is 10.0 Å². The number of rotatable bonds is 4. The predicted molar refractivity (Wildman–Crippen MR) is 84.3 cm³/mol. The number of nitrogens with zero attached hydrogens (tertiary/aromatic N) is 1. The van der Waals surface area contributed by atoms with Crippen molar-refractivity contribution in [3.05, 3.63) is 28.8 Å². The Kier molecular flexibility index (Phi) is 6.28. The standard InChI is InChI=1S/C13H19ClN2O2S.ClH/c1-10-5-6-12(14)13(8-10)19(17,18)16-7-3-4-11(16)9-15-2;/h5-6,8,11,15H,3-4,7,9H2,1-2H3;1H. The third kappa shape index (κ3) is 3.46. The molecule has 1 fully saturated rings. The predicted octanol–water partition coefficient (Wildman–Crippen LogP) is 2.44. The first kappa shape index (κ1) is 17.7. The molecule has 1 aliphatic rings. The number of sulfonamides is 1. The molecule has 0 aromatic heterocycles. The van der Waals surface area contributed by atoms with E-state index in [1.807, 2.05) is 20.0 Å². The van der Waals surface area contributed by atoms with E-state index in [2.05, 4.69) is 5.32 Å². The van der Waals surface area contributed by atoms with Gasteiger partial charge in [0.2, 0.25) is 10.0 Å². The molecular weight excluding hydrogens is 319 g/mol. The summed E-state index contributed by atoms with van der Waals surface area (Å²) in [6, 6.07) is 5.13. The normalized spacial score (nSPS) is 19.9. The smallest absolute Gasteiger partial charge is 0.244 e. The molecule has 0 saturated carbocycles. The van der Waals surface area contributed by atoms with Crippen LogP contribution in [0.2, 0.25) is 5.02 Å². The lowest BCUT2D eigenvalue weighted by molar-refractivity contribution is 0.379. The van der Waals surface area contributed by atoms with E-state index in [4.69, 9.17) is 11.6 Å². The van der Waals surface area contributed by atoms with Crippen molar-refractivity contribution in [2.45, 2.75) is 30.7 Å². The fraction of sp³-hybridized carbons (Fsp3) is 0.538. The molecule has 4 nitrogen and oxygen atoms in total. The monoisotopic (exact) mass is 338 g/mol. The first-order chi connectivity index (χ1) is 8.96. The molecule has 1 atom stereocenters. The van der Waals surface area contributed by atoms with Gasteiger partial charge in [0, 0.05) is 19.1 Å². The summed E-state index contributed by atoms with van der Waals surface area (Å²) in [4.78, 5) is 0.220. The molecular formula is C13H20Cl2N2O2S. The van der Waals surface area contributed by atoms with Gasteiger partial charge in [0.25, 0.3) is 0 Å². The van der Waals surface area contributed by atoms with E-state index < -0.39 is 10.0 Å². The van der Waals surface area contributed by atoms with Gasteiger partial charge in [0.1, 0.15) is 4.90 Å². The minimum Gasteiger partial charge on any atom is -0.318 e. The highest BCUT2D eigenvalue weighted by Crippen LogP contribution is 2.30. The largest absolute Gasteiger partial charge is 0.318 e. The fourth-order valence-electron chi connectivity index (χ4n) is 2.50. The van der Waals surface area contributed by atoms with Crippen molar-refractivity contribution < 1.29 is 8.42 Å². The summed E-state index contributed by atoms with van der Waals surface area (Å²) < 4.78 is 27.0. The zero-order chi connectivity index (χ0) is 14.0. The Morgan fingerprint density at radius 3 is 2.80 bits per heavy atom. The van der Waals surface area contributed by atoms with Crippen molar-refractivity contribution in [3.63, 3.8) is 0 Å². The highest BCUT2D eigenvalue weighted by atomic mass is 35.5. The number of hydrogen-bond acceptors (Lipinski definition) is 3. The van der Waals surface area contributed by atoms with Gasteiger partial charge in [-0.05, 0) is 44.5 Å². The molecule has 114 valence electrons. The molecule has 7 heteroatoms. The first-order valence-electron chi connectivity index (χ1n) is 6.39. The number of nitrogens with one attached hydrogen (secondary N) is 1. The van der Waals surface area contributed by atoms with E-state index >= 15 is 0 Å². The number of hydrogen-bond donors (Lipinski definition) is 1. The van der Waals surface area contributed by atoms with Crippen LogP contribution in [0.5, 0.6) is 0 Å². The minimum absolute atomic E-state index is 0. The molecule has 1 heterocycles. The highest BCUT2D eigenvalue weighted by molar-refractivity contribution is 7.89. The second-order valence-electron chi connectivity index (χ2n) is 4.90. The van der Waals surface area contributed by atoms with E-state index in [0.29, 0.717) is 18.1 Å². The maximum Gasteiger partial charge on any atom is 0.244 e. The summed E-state index contributed by atoms with van der Waals surface area (Å²) in [7, 11) is -1.67. The van der Waals surface area contributed by atoms with E-state index in [9.17, 15) is 8.42 Å². The van der Waals surface area contributed by atoms with Gasteiger partial charge >= 0.3 is 0 Å². The summed E-state index contributed by atoms with van der Waals surface area (Å²) >= 11 is 6.06. The van der Waals surface area contributed by atoms with Crippen molar-refractivity contribution in [3.8, 4) is 0 Å². The summed E-state index contributed by atoms with van der Waals surface area (Å²) in [6.45, 7) is 3.10. The molecule has 1 unspecified atom stereocenters. The molecule has 1 aromatic carbocycles. The van der Waals surface area contributed by atoms with E-state index in [1.165, 1.54) is 0 Å². The third-order valence-electron chi connectivity index (χ3n) is 3.44. The summed E-state index contributed by atoms with van der Waals surface area (Å²) in [5.74, 6) is 0. The average Bonchev–Trinajstić information content (AvgIpc) is 2.81. The van der Waals surface area contributed by atoms with Gasteiger partial charge in [0.15, 0.2) is 0 Å². The quantitative estimate of drug-likeness (QED) is 0.917. The second kappa shape index (κ2) is 7.09. The maximum atomic E-state index is 12.7. The third-order valence-corrected chi connectivity index (χ3v) is 5.87. The zero-order valence-corrected chi connectivity index (χ0v) is 14.0. The van der Waals surface area contributed by atoms with Crippen LogP contribution in [0.15, 0.2) is 23.1 Å². The van der Waals surface area contributed by atoms with Gasteiger partial charge < -0.3 is 5.32 Å². The molecule has 1 aliphatic heterocycles. The van der Waals surface area contributed by atoms with Gasteiger partial charge in [0.05, 0.1) is 5.02 Å². The molecule has 0 bridgehead atoms. The van der Waals surface area contributed by atoms with Crippen LogP contribution in [0, 0.1) is 6.92 Å². The lowest BCUT2D eigenvalue weighted by Gasteiger charge is -2.24. The minimum atomic E-state index is -3.50. The van der Waals surface area contributed by atoms with E-state index in [1.54, 1.807) is 16.4 Å². The van der Waals surface area contributed by atoms with Crippen molar-refractivity contribution in [2.75, 3.05) is 20.1 Å². The molecule has 0 amide bonds. The van der Waals surface area contributed by atoms with Gasteiger partial charge in [-0.2, -0.15) is 4.31 Å². The molecule has 1 saturated heterocycles. The molecule has 0 radical (unpaired) electrons. The molecule has 1 N–H and O–H groups in total. The summed E-state index contributed by atoms with van der Waals surface area (Å²) in [5, 5.41) is 3.34. The Balaban J connectivity index is 0.00000200. The van der Waals surface area contributed by atoms with Gasteiger partial charge in [-0.1, -0.05) is 17.7 Å². The number of benzene rings is 1. The molecule has 2 rings (SSSR count). The van der Waals surface area contributed by atoms with Crippen LogP contribution in [0.1, 0.15) is 18.4 Å². The van der Waals surface area contributed by atoms with Crippen LogP contribution in [-0.4, -0.2) is 38.9 Å². The zero-order valence-electron chi connectivity index (χ0n) is 11.6. The number of halogens is 2. The molecule has 0 aliphatic carbocycles. The Bertz CT molecular complexity index is 563. The Hall–Kier alpha value is -0.330. The molecule has 1 aromatic rings. The Morgan fingerprint density at radius 1 is 1.45 bits per heavy atom.